The maximum absolute atomic E-state index is 12.5. The highest BCUT2D eigenvalue weighted by Crippen LogP contribution is 2.23. The minimum absolute atomic E-state index is 0.0551. The van der Waals surface area contributed by atoms with Gasteiger partial charge in [-0.15, -0.1) is 0 Å². The van der Waals surface area contributed by atoms with E-state index in [9.17, 15) is 9.59 Å². The van der Waals surface area contributed by atoms with Gasteiger partial charge in [0.15, 0.2) is 0 Å². The third kappa shape index (κ3) is 3.64. The minimum Gasteiger partial charge on any atom is -0.480 e. The van der Waals surface area contributed by atoms with Crippen LogP contribution in [-0.2, 0) is 4.79 Å². The van der Waals surface area contributed by atoms with Crippen LogP contribution in [0.4, 0.5) is 0 Å². The molecule has 24 heavy (non-hydrogen) atoms. The molecule has 1 aromatic carbocycles. The summed E-state index contributed by atoms with van der Waals surface area (Å²) in [7, 11) is 0. The molecule has 128 valence electrons. The molecule has 0 aliphatic carbocycles. The molecule has 1 amide bonds. The highest BCUT2D eigenvalue weighted by Gasteiger charge is 2.24. The lowest BCUT2D eigenvalue weighted by atomic mass is 10.0. The van der Waals surface area contributed by atoms with Gasteiger partial charge < -0.3 is 10.4 Å². The fourth-order valence-electron chi connectivity index (χ4n) is 2.55. The summed E-state index contributed by atoms with van der Waals surface area (Å²) in [4.78, 5) is 23.7. The number of carboxylic acid groups (broad SMARTS) is 1. The molecular formula is C18H23N3O3. The molecule has 0 aliphatic rings. The lowest BCUT2D eigenvalue weighted by Gasteiger charge is -2.15. The van der Waals surface area contributed by atoms with Crippen molar-refractivity contribution in [3.05, 3.63) is 47.3 Å². The third-order valence-electron chi connectivity index (χ3n) is 3.89. The number of aliphatic carboxylic acids is 1. The van der Waals surface area contributed by atoms with Crippen LogP contribution in [0.2, 0.25) is 0 Å². The fraction of sp³-hybridized carbons (Fsp3) is 0.389. The molecule has 2 rings (SSSR count). The van der Waals surface area contributed by atoms with E-state index in [1.165, 1.54) is 6.20 Å². The van der Waals surface area contributed by atoms with E-state index in [2.05, 4.69) is 10.4 Å². The molecule has 0 aliphatic heterocycles. The fourth-order valence-corrected chi connectivity index (χ4v) is 2.55. The zero-order valence-corrected chi connectivity index (χ0v) is 14.4. The largest absolute Gasteiger partial charge is 0.480 e. The first kappa shape index (κ1) is 17.7. The second kappa shape index (κ2) is 7.29. The normalized spacial score (nSPS) is 12.2. The van der Waals surface area contributed by atoms with Crippen molar-refractivity contribution in [2.24, 2.45) is 0 Å². The van der Waals surface area contributed by atoms with E-state index in [1.54, 1.807) is 11.6 Å². The molecule has 2 N–H and O–H groups in total. The lowest BCUT2D eigenvalue weighted by molar-refractivity contribution is -0.139. The predicted octanol–water partition coefficient (Wildman–Crippen LogP) is 2.90. The molecular weight excluding hydrogens is 306 g/mol. The summed E-state index contributed by atoms with van der Waals surface area (Å²) in [5, 5.41) is 16.0. The van der Waals surface area contributed by atoms with Crippen LogP contribution in [0.1, 0.15) is 54.7 Å². The molecule has 0 bridgehead atoms. The van der Waals surface area contributed by atoms with Crippen molar-refractivity contribution in [3.63, 3.8) is 0 Å². The van der Waals surface area contributed by atoms with Gasteiger partial charge >= 0.3 is 5.97 Å². The summed E-state index contributed by atoms with van der Waals surface area (Å²) in [6.07, 6.45) is 1.82. The van der Waals surface area contributed by atoms with Crippen LogP contribution >= 0.6 is 0 Å². The molecule has 0 saturated heterocycles. The van der Waals surface area contributed by atoms with Crippen LogP contribution in [-0.4, -0.2) is 32.8 Å². The van der Waals surface area contributed by atoms with E-state index < -0.39 is 17.9 Å². The van der Waals surface area contributed by atoms with Crippen LogP contribution in [0.3, 0.4) is 0 Å². The number of amides is 1. The highest BCUT2D eigenvalue weighted by molar-refractivity contribution is 5.97. The summed E-state index contributed by atoms with van der Waals surface area (Å²) in [5.41, 5.74) is 3.18. The van der Waals surface area contributed by atoms with Crippen LogP contribution in [0.25, 0.3) is 5.69 Å². The Balaban J connectivity index is 2.39. The molecule has 1 unspecified atom stereocenters. The van der Waals surface area contributed by atoms with Crippen molar-refractivity contribution >= 4 is 11.9 Å². The number of carbonyl (C=O) groups excluding carboxylic acids is 1. The molecule has 1 atom stereocenters. The standard InChI is InChI=1S/C18H23N3O3/c1-5-15(18(23)24)20-17(22)14-10-19-21(16(14)11(2)3)13-8-6-12(4)7-9-13/h6-11,15H,5H2,1-4H3,(H,20,22)(H,23,24). The first-order valence-electron chi connectivity index (χ1n) is 8.03. The zero-order valence-electron chi connectivity index (χ0n) is 14.4. The minimum atomic E-state index is -1.04. The van der Waals surface area contributed by atoms with Crippen LogP contribution in [0, 0.1) is 6.92 Å². The second-order valence-corrected chi connectivity index (χ2v) is 6.12. The summed E-state index contributed by atoms with van der Waals surface area (Å²) >= 11 is 0. The average Bonchev–Trinajstić information content (AvgIpc) is 2.98. The number of carboxylic acids is 1. The van der Waals surface area contributed by atoms with Gasteiger partial charge in [-0.3, -0.25) is 4.79 Å². The molecule has 2 aromatic rings. The first-order chi connectivity index (χ1) is 11.3. The van der Waals surface area contributed by atoms with E-state index >= 15 is 0 Å². The Morgan fingerprint density at radius 1 is 1.25 bits per heavy atom. The van der Waals surface area contributed by atoms with Gasteiger partial charge in [-0.05, 0) is 31.4 Å². The number of aromatic nitrogens is 2. The van der Waals surface area contributed by atoms with E-state index in [4.69, 9.17) is 5.11 Å². The van der Waals surface area contributed by atoms with Gasteiger partial charge in [-0.25, -0.2) is 9.48 Å². The number of rotatable bonds is 6. The maximum Gasteiger partial charge on any atom is 0.326 e. The van der Waals surface area contributed by atoms with Crippen LogP contribution < -0.4 is 5.32 Å². The van der Waals surface area contributed by atoms with Gasteiger partial charge in [0.25, 0.3) is 5.91 Å². The van der Waals surface area contributed by atoms with Crippen molar-refractivity contribution in [1.29, 1.82) is 0 Å². The summed E-state index contributed by atoms with van der Waals surface area (Å²) < 4.78 is 1.74. The number of hydrogen-bond acceptors (Lipinski definition) is 3. The Hall–Kier alpha value is -2.63. The smallest absolute Gasteiger partial charge is 0.326 e. The van der Waals surface area contributed by atoms with Gasteiger partial charge in [0.2, 0.25) is 0 Å². The average molecular weight is 329 g/mol. The van der Waals surface area contributed by atoms with Gasteiger partial charge in [0.05, 0.1) is 23.1 Å². The second-order valence-electron chi connectivity index (χ2n) is 6.12. The van der Waals surface area contributed by atoms with Crippen molar-refractivity contribution in [2.45, 2.75) is 46.1 Å². The first-order valence-corrected chi connectivity index (χ1v) is 8.03. The topological polar surface area (TPSA) is 84.2 Å². The number of nitrogens with zero attached hydrogens (tertiary/aromatic N) is 2. The molecule has 0 radical (unpaired) electrons. The Morgan fingerprint density at radius 2 is 1.88 bits per heavy atom. The van der Waals surface area contributed by atoms with Gasteiger partial charge in [-0.2, -0.15) is 5.10 Å². The lowest BCUT2D eigenvalue weighted by Crippen LogP contribution is -2.40. The summed E-state index contributed by atoms with van der Waals surface area (Å²) in [6, 6.07) is 6.96. The van der Waals surface area contributed by atoms with Crippen molar-refractivity contribution in [3.8, 4) is 5.69 Å². The predicted molar refractivity (Wildman–Crippen MR) is 91.6 cm³/mol. The Bertz CT molecular complexity index is 732. The quantitative estimate of drug-likeness (QED) is 0.853. The summed E-state index contributed by atoms with van der Waals surface area (Å²) in [5.74, 6) is -1.39. The monoisotopic (exact) mass is 329 g/mol. The number of nitrogens with one attached hydrogen (secondary N) is 1. The molecule has 1 aromatic heterocycles. The van der Waals surface area contributed by atoms with Crippen LogP contribution in [0.5, 0.6) is 0 Å². The molecule has 1 heterocycles. The van der Waals surface area contributed by atoms with E-state index in [-0.39, 0.29) is 5.92 Å². The third-order valence-corrected chi connectivity index (χ3v) is 3.89. The number of carbonyl (C=O) groups is 2. The van der Waals surface area contributed by atoms with Gasteiger partial charge in [0.1, 0.15) is 6.04 Å². The maximum atomic E-state index is 12.5. The number of aryl methyl sites for hydroxylation is 1. The molecule has 0 spiro atoms. The van der Waals surface area contributed by atoms with E-state index in [0.717, 1.165) is 16.9 Å². The molecule has 6 heteroatoms. The number of benzene rings is 1. The van der Waals surface area contributed by atoms with Crippen LogP contribution in [0.15, 0.2) is 30.5 Å². The highest BCUT2D eigenvalue weighted by atomic mass is 16.4. The van der Waals surface area contributed by atoms with Crippen molar-refractivity contribution in [1.82, 2.24) is 15.1 Å². The van der Waals surface area contributed by atoms with E-state index in [1.807, 2.05) is 45.0 Å². The Labute approximate surface area is 141 Å². The molecule has 6 nitrogen and oxygen atoms in total. The zero-order chi connectivity index (χ0) is 17.9. The Kier molecular flexibility index (Phi) is 5.39. The number of hydrogen-bond donors (Lipinski definition) is 2. The molecule has 0 fully saturated rings. The van der Waals surface area contributed by atoms with Gasteiger partial charge in [-0.1, -0.05) is 38.5 Å². The Morgan fingerprint density at radius 3 is 2.38 bits per heavy atom. The van der Waals surface area contributed by atoms with Crippen molar-refractivity contribution in [2.75, 3.05) is 0 Å². The molecule has 0 saturated carbocycles. The van der Waals surface area contributed by atoms with Crippen molar-refractivity contribution < 1.29 is 14.7 Å². The SMILES string of the molecule is CCC(NC(=O)c1cnn(-c2ccc(C)cc2)c1C(C)C)C(=O)O. The van der Waals surface area contributed by atoms with E-state index in [0.29, 0.717) is 12.0 Å². The van der Waals surface area contributed by atoms with Gasteiger partial charge in [0, 0.05) is 0 Å². The summed E-state index contributed by atoms with van der Waals surface area (Å²) in [6.45, 7) is 7.68.